The van der Waals surface area contributed by atoms with Crippen LogP contribution in [0.15, 0.2) is 170 Å². The van der Waals surface area contributed by atoms with E-state index in [0.29, 0.717) is 0 Å². The number of para-hydroxylation sites is 1. The molecule has 2 nitrogen and oxygen atoms in total. The molecule has 0 saturated carbocycles. The minimum absolute atomic E-state index is 0.242. The highest BCUT2D eigenvalue weighted by Crippen LogP contribution is 2.54. The molecule has 0 bridgehead atoms. The highest BCUT2D eigenvalue weighted by atomic mass is 28.3. The van der Waals surface area contributed by atoms with E-state index in [1.54, 1.807) is 0 Å². The zero-order chi connectivity index (χ0) is 40.8. The molecule has 290 valence electrons. The van der Waals surface area contributed by atoms with Gasteiger partial charge in [0, 0.05) is 38.6 Å². The molecule has 0 unspecified atom stereocenters. The normalized spacial score (nSPS) is 13.6. The maximum Gasteiger partial charge on any atom is 0.0776 e. The minimum atomic E-state index is -1.55. The Kier molecular flexibility index (Phi) is 8.58. The Morgan fingerprint density at radius 3 is 1.53 bits per heavy atom. The molecule has 0 atom stereocenters. The smallest absolute Gasteiger partial charge is 0.0776 e. The number of aromatic nitrogens is 1. The van der Waals surface area contributed by atoms with Crippen molar-refractivity contribution in [3.63, 3.8) is 0 Å². The summed E-state index contributed by atoms with van der Waals surface area (Å²) in [6.07, 6.45) is 0. The van der Waals surface area contributed by atoms with Crippen LogP contribution in [0.4, 0.5) is 17.1 Å². The summed E-state index contributed by atoms with van der Waals surface area (Å²) in [7, 11) is -3.10. The van der Waals surface area contributed by atoms with E-state index in [-0.39, 0.29) is 5.41 Å². The van der Waals surface area contributed by atoms with E-state index in [4.69, 9.17) is 0 Å². The third-order valence-corrected chi connectivity index (χ3v) is 17.0. The molecule has 0 N–H and O–H groups in total. The first kappa shape index (κ1) is 37.3. The molecule has 1 aliphatic carbocycles. The van der Waals surface area contributed by atoms with Crippen molar-refractivity contribution in [2.24, 2.45) is 0 Å². The maximum atomic E-state index is 2.58. The van der Waals surface area contributed by atoms with Crippen LogP contribution in [0.3, 0.4) is 0 Å². The first-order chi connectivity index (χ1) is 28.3. The molecule has 1 aliphatic rings. The molecule has 10 rings (SSSR count). The molecule has 0 amide bonds. The summed E-state index contributed by atoms with van der Waals surface area (Å²) in [6, 6.07) is 63.9. The number of anilines is 3. The summed E-state index contributed by atoms with van der Waals surface area (Å²) in [5.41, 5.74) is 14.9. The van der Waals surface area contributed by atoms with Gasteiger partial charge in [-0.2, -0.15) is 0 Å². The van der Waals surface area contributed by atoms with Crippen molar-refractivity contribution < 1.29 is 0 Å². The van der Waals surface area contributed by atoms with Gasteiger partial charge in [-0.1, -0.05) is 179 Å². The van der Waals surface area contributed by atoms with Gasteiger partial charge in [-0.15, -0.1) is 0 Å². The number of fused-ring (bicyclic) bond motifs is 8. The van der Waals surface area contributed by atoms with E-state index in [0.717, 1.165) is 17.1 Å². The Labute approximate surface area is 351 Å². The summed E-state index contributed by atoms with van der Waals surface area (Å²) >= 11 is 0. The monoisotopic (exact) mass is 796 g/mol. The zero-order valence-electron chi connectivity index (χ0n) is 35.6. The summed E-state index contributed by atoms with van der Waals surface area (Å²) in [5.74, 6) is 0. The van der Waals surface area contributed by atoms with Gasteiger partial charge in [-0.05, 0) is 93.4 Å². The van der Waals surface area contributed by atoms with Crippen LogP contribution in [0.1, 0.15) is 25.0 Å². The van der Waals surface area contributed by atoms with Crippen molar-refractivity contribution in [1.82, 2.24) is 4.57 Å². The second-order valence-corrected chi connectivity index (χ2v) is 29.3. The molecule has 0 fully saturated rings. The van der Waals surface area contributed by atoms with Crippen molar-refractivity contribution in [3.05, 3.63) is 181 Å². The Morgan fingerprint density at radius 1 is 0.424 bits per heavy atom. The minimum Gasteiger partial charge on any atom is -0.310 e. The van der Waals surface area contributed by atoms with E-state index in [2.05, 4.69) is 232 Å². The van der Waals surface area contributed by atoms with Gasteiger partial charge in [0.2, 0.25) is 0 Å². The second kappa shape index (κ2) is 13.6. The fourth-order valence-corrected chi connectivity index (χ4v) is 11.9. The van der Waals surface area contributed by atoms with E-state index < -0.39 is 16.1 Å². The highest BCUT2D eigenvalue weighted by Gasteiger charge is 2.38. The van der Waals surface area contributed by atoms with Gasteiger partial charge < -0.3 is 9.47 Å². The van der Waals surface area contributed by atoms with Crippen molar-refractivity contribution in [3.8, 4) is 27.9 Å². The average Bonchev–Trinajstić information content (AvgIpc) is 3.68. The topological polar surface area (TPSA) is 8.17 Å². The summed E-state index contributed by atoms with van der Waals surface area (Å²) in [6.45, 7) is 19.6. The van der Waals surface area contributed by atoms with Crippen LogP contribution >= 0.6 is 0 Å². The lowest BCUT2D eigenvalue weighted by Crippen LogP contribution is -2.37. The fraction of sp³-hybridized carbons (Fsp3) is 0.164. The lowest BCUT2D eigenvalue weighted by molar-refractivity contribution is 0.660. The fourth-order valence-electron chi connectivity index (χ4n) is 9.55. The molecular weight excluding hydrogens is 745 g/mol. The number of benzene rings is 8. The predicted octanol–water partition coefficient (Wildman–Crippen LogP) is 14.5. The molecule has 1 aromatic heterocycles. The van der Waals surface area contributed by atoms with Crippen LogP contribution in [0.25, 0.3) is 60.5 Å². The molecule has 59 heavy (non-hydrogen) atoms. The van der Waals surface area contributed by atoms with Crippen molar-refractivity contribution in [2.75, 3.05) is 4.90 Å². The van der Waals surface area contributed by atoms with E-state index in [9.17, 15) is 0 Å². The molecule has 1 heterocycles. The molecule has 8 aromatic carbocycles. The molecule has 4 heteroatoms. The van der Waals surface area contributed by atoms with E-state index >= 15 is 0 Å². The van der Waals surface area contributed by atoms with Crippen LogP contribution in [0, 0.1) is 0 Å². The van der Waals surface area contributed by atoms with Crippen molar-refractivity contribution in [1.29, 1.82) is 0 Å². The van der Waals surface area contributed by atoms with Gasteiger partial charge in [0.1, 0.15) is 0 Å². The first-order valence-corrected chi connectivity index (χ1v) is 28.1. The maximum absolute atomic E-state index is 2.58. The lowest BCUT2D eigenvalue weighted by atomic mass is 9.81. The first-order valence-electron chi connectivity index (χ1n) is 21.1. The number of rotatable bonds is 7. The molecular formula is C55H52N2Si2. The van der Waals surface area contributed by atoms with Crippen LogP contribution in [-0.4, -0.2) is 20.7 Å². The molecule has 0 spiro atoms. The SMILES string of the molecule is CC1(C)c2cc(N(c3ccccc3)c3ccc(-c4ccccc4)cc3)ccc2-c2c1cc(-n1c3ccc([Si](C)(C)C)cc3c3cc([Si](C)(C)C)ccc31)c1ccccc21. The predicted molar refractivity (Wildman–Crippen MR) is 262 cm³/mol. The van der Waals surface area contributed by atoms with Crippen LogP contribution < -0.4 is 15.3 Å². The Bertz CT molecular complexity index is 3000. The lowest BCUT2D eigenvalue weighted by Gasteiger charge is -2.28. The van der Waals surface area contributed by atoms with Gasteiger partial charge in [0.05, 0.1) is 32.9 Å². The number of hydrogen-bond donors (Lipinski definition) is 0. The van der Waals surface area contributed by atoms with Gasteiger partial charge >= 0.3 is 0 Å². The van der Waals surface area contributed by atoms with Crippen molar-refractivity contribution in [2.45, 2.75) is 58.5 Å². The number of hydrogen-bond acceptors (Lipinski definition) is 1. The Hall–Kier alpha value is -5.95. The third kappa shape index (κ3) is 6.11. The van der Waals surface area contributed by atoms with Gasteiger partial charge in [-0.25, -0.2) is 0 Å². The second-order valence-electron chi connectivity index (χ2n) is 19.1. The quantitative estimate of drug-likeness (QED) is 0.146. The molecule has 9 aromatic rings. The van der Waals surface area contributed by atoms with Crippen LogP contribution in [0.5, 0.6) is 0 Å². The van der Waals surface area contributed by atoms with Crippen molar-refractivity contribution >= 4 is 76.2 Å². The Balaban J connectivity index is 1.17. The highest BCUT2D eigenvalue weighted by molar-refractivity contribution is 6.89. The zero-order valence-corrected chi connectivity index (χ0v) is 37.6. The third-order valence-electron chi connectivity index (χ3n) is 12.9. The van der Waals surface area contributed by atoms with Crippen LogP contribution in [0.2, 0.25) is 39.3 Å². The van der Waals surface area contributed by atoms with Gasteiger partial charge in [0.25, 0.3) is 0 Å². The average molecular weight is 797 g/mol. The van der Waals surface area contributed by atoms with Crippen LogP contribution in [-0.2, 0) is 5.41 Å². The Morgan fingerprint density at radius 2 is 0.932 bits per heavy atom. The molecule has 0 saturated heterocycles. The largest absolute Gasteiger partial charge is 0.310 e. The summed E-state index contributed by atoms with van der Waals surface area (Å²) < 4.78 is 2.58. The summed E-state index contributed by atoms with van der Waals surface area (Å²) in [4.78, 5) is 2.40. The number of nitrogens with zero attached hydrogens (tertiary/aromatic N) is 2. The van der Waals surface area contributed by atoms with E-state index in [1.165, 1.54) is 82.0 Å². The van der Waals surface area contributed by atoms with Gasteiger partial charge in [-0.3, -0.25) is 0 Å². The molecule has 0 aliphatic heterocycles. The van der Waals surface area contributed by atoms with Gasteiger partial charge in [0.15, 0.2) is 0 Å². The molecule has 0 radical (unpaired) electrons. The van der Waals surface area contributed by atoms with E-state index in [1.807, 2.05) is 0 Å². The standard InChI is InChI=1S/C55H52N2Si2/c1-55(2)49-33-41(56(39-19-13-10-14-20-39)40-25-23-38(24-26-40)37-17-11-9-12-18-37)27-30-46(49)54-45-22-16-15-21-44(45)53(36-50(54)55)57-51-31-28-42(58(3,4)5)34-47(51)48-35-43(59(6,7)8)29-32-52(48)57/h9-36H,1-8H3. The summed E-state index contributed by atoms with van der Waals surface area (Å²) in [5, 5.41) is 8.34.